The Bertz CT molecular complexity index is 730. The fourth-order valence-corrected chi connectivity index (χ4v) is 2.57. The van der Waals surface area contributed by atoms with Crippen LogP contribution >= 0.6 is 0 Å². The van der Waals surface area contributed by atoms with Gasteiger partial charge in [-0.05, 0) is 24.0 Å². The van der Waals surface area contributed by atoms with Crippen molar-refractivity contribution in [3.05, 3.63) is 84.4 Å². The molecule has 0 saturated heterocycles. The molecule has 0 aromatic heterocycles. The topological polar surface area (TPSA) is 78.6 Å². The summed E-state index contributed by atoms with van der Waals surface area (Å²) < 4.78 is 10.6. The summed E-state index contributed by atoms with van der Waals surface area (Å²) in [6.45, 7) is 4.00. The van der Waals surface area contributed by atoms with E-state index in [0.29, 0.717) is 6.42 Å². The summed E-state index contributed by atoms with van der Waals surface area (Å²) in [7, 11) is 0. The molecule has 27 heavy (non-hydrogen) atoms. The fraction of sp³-hybridized carbons (Fsp3) is 0.273. The second kappa shape index (κ2) is 10.9. The highest BCUT2D eigenvalue weighted by molar-refractivity contribution is 5.78. The average molecular weight is 367 g/mol. The number of hydrogen-bond acceptors (Lipinski definition) is 5. The standard InChI is InChI=1S/C22H25NO4/c1-2-9-19(21(24)26-15-17-10-5-3-6-11-17)14-20(23)22(25)27-16-18-12-7-4-8-13-18/h2-8,10-13,19-20H,1,9,14-16,23H2/t19-,20-/m0/s1. The van der Waals surface area contributed by atoms with Gasteiger partial charge in [-0.2, -0.15) is 0 Å². The summed E-state index contributed by atoms with van der Waals surface area (Å²) >= 11 is 0. The number of esters is 2. The van der Waals surface area contributed by atoms with Crippen LogP contribution < -0.4 is 5.73 Å². The molecule has 5 nitrogen and oxygen atoms in total. The van der Waals surface area contributed by atoms with Crippen molar-refractivity contribution in [3.63, 3.8) is 0 Å². The maximum Gasteiger partial charge on any atom is 0.323 e. The molecular weight excluding hydrogens is 342 g/mol. The Morgan fingerprint density at radius 3 is 1.85 bits per heavy atom. The van der Waals surface area contributed by atoms with Gasteiger partial charge in [0, 0.05) is 0 Å². The van der Waals surface area contributed by atoms with Gasteiger partial charge in [0.1, 0.15) is 19.3 Å². The molecule has 5 heteroatoms. The number of nitrogens with two attached hydrogens (primary N) is 1. The minimum Gasteiger partial charge on any atom is -0.461 e. The van der Waals surface area contributed by atoms with Gasteiger partial charge in [0.15, 0.2) is 0 Å². The molecule has 142 valence electrons. The summed E-state index contributed by atoms with van der Waals surface area (Å²) in [6.07, 6.45) is 2.15. The van der Waals surface area contributed by atoms with E-state index in [1.807, 2.05) is 60.7 Å². The van der Waals surface area contributed by atoms with Crippen molar-refractivity contribution in [2.45, 2.75) is 32.1 Å². The second-order valence-electron chi connectivity index (χ2n) is 6.25. The van der Waals surface area contributed by atoms with Crippen LogP contribution in [0.25, 0.3) is 0 Å². The van der Waals surface area contributed by atoms with Gasteiger partial charge in [-0.15, -0.1) is 6.58 Å². The summed E-state index contributed by atoms with van der Waals surface area (Å²) in [4.78, 5) is 24.5. The highest BCUT2D eigenvalue weighted by Gasteiger charge is 2.26. The largest absolute Gasteiger partial charge is 0.461 e. The van der Waals surface area contributed by atoms with Gasteiger partial charge < -0.3 is 15.2 Å². The molecule has 0 aliphatic rings. The smallest absolute Gasteiger partial charge is 0.323 e. The molecule has 0 bridgehead atoms. The van der Waals surface area contributed by atoms with Crippen molar-refractivity contribution in [2.24, 2.45) is 11.7 Å². The van der Waals surface area contributed by atoms with Crippen LogP contribution in [0.4, 0.5) is 0 Å². The average Bonchev–Trinajstić information content (AvgIpc) is 2.71. The molecule has 0 heterocycles. The third-order valence-electron chi connectivity index (χ3n) is 4.07. The van der Waals surface area contributed by atoms with Gasteiger partial charge in [-0.25, -0.2) is 0 Å². The van der Waals surface area contributed by atoms with E-state index in [1.54, 1.807) is 6.08 Å². The summed E-state index contributed by atoms with van der Waals surface area (Å²) in [5.41, 5.74) is 7.72. The molecule has 2 rings (SSSR count). The lowest BCUT2D eigenvalue weighted by Gasteiger charge is -2.18. The zero-order valence-corrected chi connectivity index (χ0v) is 15.3. The predicted octanol–water partition coefficient (Wildman–Crippen LogP) is 3.38. The van der Waals surface area contributed by atoms with E-state index in [-0.39, 0.29) is 19.6 Å². The molecule has 2 aromatic carbocycles. The van der Waals surface area contributed by atoms with Gasteiger partial charge in [0.2, 0.25) is 0 Å². The van der Waals surface area contributed by atoms with Crippen LogP contribution in [0.1, 0.15) is 24.0 Å². The molecule has 0 fully saturated rings. The van der Waals surface area contributed by atoms with Gasteiger partial charge >= 0.3 is 11.9 Å². The second-order valence-corrected chi connectivity index (χ2v) is 6.25. The molecule has 0 saturated carbocycles. The molecule has 0 amide bonds. The lowest BCUT2D eigenvalue weighted by atomic mass is 9.97. The van der Waals surface area contributed by atoms with E-state index in [4.69, 9.17) is 15.2 Å². The highest BCUT2D eigenvalue weighted by atomic mass is 16.5. The number of benzene rings is 2. The molecule has 2 atom stereocenters. The molecule has 2 aromatic rings. The Balaban J connectivity index is 1.84. The first-order valence-electron chi connectivity index (χ1n) is 8.87. The van der Waals surface area contributed by atoms with Crippen LogP contribution in [0.2, 0.25) is 0 Å². The first kappa shape index (κ1) is 20.4. The zero-order chi connectivity index (χ0) is 19.5. The van der Waals surface area contributed by atoms with Crippen molar-refractivity contribution < 1.29 is 19.1 Å². The Hall–Kier alpha value is -2.92. The van der Waals surface area contributed by atoms with Gasteiger partial charge in [-0.3, -0.25) is 9.59 Å². The lowest BCUT2D eigenvalue weighted by Crippen LogP contribution is -2.36. The third-order valence-corrected chi connectivity index (χ3v) is 4.07. The third kappa shape index (κ3) is 7.07. The molecule has 0 aliphatic carbocycles. The van der Waals surface area contributed by atoms with Crippen LogP contribution in [0, 0.1) is 5.92 Å². The van der Waals surface area contributed by atoms with Crippen molar-refractivity contribution in [2.75, 3.05) is 0 Å². The summed E-state index contributed by atoms with van der Waals surface area (Å²) in [6, 6.07) is 17.8. The van der Waals surface area contributed by atoms with Crippen molar-refractivity contribution in [1.29, 1.82) is 0 Å². The number of carbonyl (C=O) groups excluding carboxylic acids is 2. The number of allylic oxidation sites excluding steroid dienone is 1. The van der Waals surface area contributed by atoms with E-state index in [0.717, 1.165) is 11.1 Å². The Labute approximate surface area is 159 Å². The van der Waals surface area contributed by atoms with Crippen LogP contribution in [-0.2, 0) is 32.3 Å². The van der Waals surface area contributed by atoms with Crippen molar-refractivity contribution >= 4 is 11.9 Å². The van der Waals surface area contributed by atoms with E-state index in [2.05, 4.69) is 6.58 Å². The van der Waals surface area contributed by atoms with Gasteiger partial charge in [-0.1, -0.05) is 66.7 Å². The van der Waals surface area contributed by atoms with Gasteiger partial charge in [0.25, 0.3) is 0 Å². The number of rotatable bonds is 10. The van der Waals surface area contributed by atoms with Gasteiger partial charge in [0.05, 0.1) is 5.92 Å². The van der Waals surface area contributed by atoms with Crippen LogP contribution in [0.15, 0.2) is 73.3 Å². The van der Waals surface area contributed by atoms with E-state index in [1.165, 1.54) is 0 Å². The lowest BCUT2D eigenvalue weighted by molar-refractivity contribution is -0.152. The first-order valence-corrected chi connectivity index (χ1v) is 8.87. The monoisotopic (exact) mass is 367 g/mol. The molecular formula is C22H25NO4. The summed E-state index contributed by atoms with van der Waals surface area (Å²) in [5.74, 6) is -1.47. The fourth-order valence-electron chi connectivity index (χ4n) is 2.57. The number of carbonyl (C=O) groups is 2. The number of hydrogen-bond donors (Lipinski definition) is 1. The van der Waals surface area contributed by atoms with Crippen LogP contribution in [-0.4, -0.2) is 18.0 Å². The maximum atomic E-state index is 12.4. The van der Waals surface area contributed by atoms with Crippen molar-refractivity contribution in [3.8, 4) is 0 Å². The highest BCUT2D eigenvalue weighted by Crippen LogP contribution is 2.16. The maximum absolute atomic E-state index is 12.4. The quantitative estimate of drug-likeness (QED) is 0.514. The Morgan fingerprint density at radius 2 is 1.37 bits per heavy atom. The minimum atomic E-state index is -0.900. The molecule has 0 aliphatic heterocycles. The van der Waals surface area contributed by atoms with E-state index >= 15 is 0 Å². The Morgan fingerprint density at radius 1 is 0.889 bits per heavy atom. The predicted molar refractivity (Wildman–Crippen MR) is 103 cm³/mol. The van der Waals surface area contributed by atoms with Crippen LogP contribution in [0.3, 0.4) is 0 Å². The number of ether oxygens (including phenoxy) is 2. The van der Waals surface area contributed by atoms with Crippen molar-refractivity contribution in [1.82, 2.24) is 0 Å². The van der Waals surface area contributed by atoms with E-state index < -0.39 is 23.9 Å². The first-order chi connectivity index (χ1) is 13.1. The SMILES string of the molecule is C=CC[C@@H](C[C@H](N)C(=O)OCc1ccccc1)C(=O)OCc1ccccc1. The zero-order valence-electron chi connectivity index (χ0n) is 15.3. The Kier molecular flexibility index (Phi) is 8.26. The molecule has 2 N–H and O–H groups in total. The molecule has 0 spiro atoms. The minimum absolute atomic E-state index is 0.146. The van der Waals surface area contributed by atoms with Crippen LogP contribution in [0.5, 0.6) is 0 Å². The molecule has 0 radical (unpaired) electrons. The molecule has 0 unspecified atom stereocenters. The van der Waals surface area contributed by atoms with E-state index in [9.17, 15) is 9.59 Å². The summed E-state index contributed by atoms with van der Waals surface area (Å²) in [5, 5.41) is 0. The normalized spacial score (nSPS) is 12.6.